The summed E-state index contributed by atoms with van der Waals surface area (Å²) in [5.74, 6) is -0.320. The van der Waals surface area contributed by atoms with Crippen LogP contribution < -0.4 is 4.90 Å². The number of fused-ring (bicyclic) bond motifs is 1. The van der Waals surface area contributed by atoms with Crippen molar-refractivity contribution in [3.05, 3.63) is 51.4 Å². The Hall–Kier alpha value is -2.12. The van der Waals surface area contributed by atoms with Crippen molar-refractivity contribution < 1.29 is 10.0 Å². The highest BCUT2D eigenvalue weighted by atomic mass is 35.5. The molecule has 0 saturated heterocycles. The standard InChI is InChI=1S/C16H19ClN4O3/c1-16(22,11-20-9-14(21(23)24)18-15(20)17)10-19-8-4-6-12-5-2-3-7-13(12)19/h2-3,5,7,9,22H,4,6,8,10-11H2,1H3. The van der Waals surface area contributed by atoms with Crippen molar-refractivity contribution in [2.24, 2.45) is 0 Å². The number of nitro groups is 1. The van der Waals surface area contributed by atoms with Crippen molar-refractivity contribution >= 4 is 23.1 Å². The second-order valence-electron chi connectivity index (χ2n) is 6.40. The molecule has 0 saturated carbocycles. The molecule has 8 heteroatoms. The number of β-amino-alcohol motifs (C(OH)–C–C–N with tert-alkyl or cyclic N) is 1. The maximum atomic E-state index is 10.8. The number of rotatable bonds is 5. The Morgan fingerprint density at radius 2 is 2.17 bits per heavy atom. The molecule has 0 spiro atoms. The van der Waals surface area contributed by atoms with E-state index in [-0.39, 0.29) is 17.6 Å². The average Bonchev–Trinajstić information content (AvgIpc) is 2.88. The first-order valence-electron chi connectivity index (χ1n) is 7.78. The number of hydrogen-bond donors (Lipinski definition) is 1. The molecule has 3 rings (SSSR count). The molecule has 0 aliphatic carbocycles. The molecule has 24 heavy (non-hydrogen) atoms. The summed E-state index contributed by atoms with van der Waals surface area (Å²) >= 11 is 5.94. The van der Waals surface area contributed by atoms with Gasteiger partial charge in [0.1, 0.15) is 6.20 Å². The Balaban J connectivity index is 1.76. The molecule has 1 aromatic carbocycles. The first-order valence-corrected chi connectivity index (χ1v) is 8.16. The van der Waals surface area contributed by atoms with E-state index in [1.807, 2.05) is 12.1 Å². The molecule has 0 amide bonds. The molecule has 1 N–H and O–H groups in total. The highest BCUT2D eigenvalue weighted by Crippen LogP contribution is 2.28. The van der Waals surface area contributed by atoms with E-state index in [1.165, 1.54) is 16.3 Å². The summed E-state index contributed by atoms with van der Waals surface area (Å²) in [5.41, 5.74) is 1.30. The zero-order valence-electron chi connectivity index (χ0n) is 13.4. The fraction of sp³-hybridized carbons (Fsp3) is 0.438. The van der Waals surface area contributed by atoms with Gasteiger partial charge in [-0.05, 0) is 52.9 Å². The van der Waals surface area contributed by atoms with Gasteiger partial charge >= 0.3 is 11.1 Å². The molecular formula is C16H19ClN4O3. The lowest BCUT2D eigenvalue weighted by molar-refractivity contribution is -0.389. The zero-order valence-corrected chi connectivity index (χ0v) is 14.1. The number of hydrogen-bond acceptors (Lipinski definition) is 5. The molecule has 1 aliphatic heterocycles. The molecule has 7 nitrogen and oxygen atoms in total. The topological polar surface area (TPSA) is 84.4 Å². The van der Waals surface area contributed by atoms with Crippen LogP contribution >= 0.6 is 11.6 Å². The summed E-state index contributed by atoms with van der Waals surface area (Å²) in [7, 11) is 0. The van der Waals surface area contributed by atoms with E-state index < -0.39 is 10.5 Å². The fourth-order valence-corrected chi connectivity index (χ4v) is 3.38. The van der Waals surface area contributed by atoms with E-state index in [2.05, 4.69) is 22.0 Å². The van der Waals surface area contributed by atoms with Gasteiger partial charge in [-0.25, -0.2) is 0 Å². The second-order valence-corrected chi connectivity index (χ2v) is 6.74. The minimum Gasteiger partial charge on any atom is -0.386 e. The van der Waals surface area contributed by atoms with Crippen molar-refractivity contribution in [2.75, 3.05) is 18.0 Å². The smallest absolute Gasteiger partial charge is 0.383 e. The van der Waals surface area contributed by atoms with Gasteiger partial charge in [0.25, 0.3) is 0 Å². The number of aryl methyl sites for hydroxylation is 1. The predicted octanol–water partition coefficient (Wildman–Crippen LogP) is 2.65. The van der Waals surface area contributed by atoms with Gasteiger partial charge in [0.2, 0.25) is 0 Å². The minimum absolute atomic E-state index is 0.000944. The molecule has 1 unspecified atom stereocenters. The molecule has 128 valence electrons. The van der Waals surface area contributed by atoms with Crippen LogP contribution in [0.25, 0.3) is 0 Å². The third-order valence-corrected chi connectivity index (χ3v) is 4.45. The molecule has 1 aliphatic rings. The molecule has 0 radical (unpaired) electrons. The minimum atomic E-state index is -1.11. The van der Waals surface area contributed by atoms with Crippen molar-refractivity contribution in [3.8, 4) is 0 Å². The number of halogens is 1. The lowest BCUT2D eigenvalue weighted by Gasteiger charge is -2.36. The fourth-order valence-electron chi connectivity index (χ4n) is 3.18. The van der Waals surface area contributed by atoms with E-state index >= 15 is 0 Å². The lowest BCUT2D eigenvalue weighted by atomic mass is 9.99. The van der Waals surface area contributed by atoms with Crippen LogP contribution in [0.1, 0.15) is 18.9 Å². The maximum absolute atomic E-state index is 10.8. The molecular weight excluding hydrogens is 332 g/mol. The summed E-state index contributed by atoms with van der Waals surface area (Å²) in [6.07, 6.45) is 3.32. The van der Waals surface area contributed by atoms with E-state index in [0.717, 1.165) is 25.1 Å². The average molecular weight is 351 g/mol. The summed E-state index contributed by atoms with van der Waals surface area (Å²) in [5, 5.41) is 21.6. The van der Waals surface area contributed by atoms with Gasteiger partial charge in [-0.2, -0.15) is 0 Å². The van der Waals surface area contributed by atoms with E-state index in [1.54, 1.807) is 6.92 Å². The molecule has 0 bridgehead atoms. The van der Waals surface area contributed by atoms with Crippen LogP contribution in [0.3, 0.4) is 0 Å². The number of para-hydroxylation sites is 1. The molecule has 1 atom stereocenters. The monoisotopic (exact) mass is 350 g/mol. The van der Waals surface area contributed by atoms with Crippen molar-refractivity contribution in [2.45, 2.75) is 31.9 Å². The van der Waals surface area contributed by atoms with Gasteiger partial charge in [0.05, 0.1) is 12.1 Å². The number of imidazole rings is 1. The molecule has 0 fully saturated rings. The number of aliphatic hydroxyl groups is 1. The van der Waals surface area contributed by atoms with Gasteiger partial charge < -0.3 is 20.1 Å². The third-order valence-electron chi connectivity index (χ3n) is 4.15. The third kappa shape index (κ3) is 3.52. The number of benzene rings is 1. The van der Waals surface area contributed by atoms with E-state index in [4.69, 9.17) is 11.6 Å². The predicted molar refractivity (Wildman–Crippen MR) is 91.5 cm³/mol. The quantitative estimate of drug-likeness (QED) is 0.662. The molecule has 2 aromatic rings. The second kappa shape index (κ2) is 6.41. The largest absolute Gasteiger partial charge is 0.386 e. The summed E-state index contributed by atoms with van der Waals surface area (Å²) in [4.78, 5) is 16.0. The van der Waals surface area contributed by atoms with Gasteiger partial charge in [0, 0.05) is 18.8 Å². The van der Waals surface area contributed by atoms with Gasteiger partial charge in [-0.1, -0.05) is 18.2 Å². The first kappa shape index (κ1) is 16.7. The molecule has 1 aromatic heterocycles. The Kier molecular flexibility index (Phi) is 4.47. The van der Waals surface area contributed by atoms with Crippen LogP contribution in [-0.4, -0.2) is 38.3 Å². The summed E-state index contributed by atoms with van der Waals surface area (Å²) in [6.45, 7) is 3.11. The highest BCUT2D eigenvalue weighted by Gasteiger charge is 2.30. The summed E-state index contributed by atoms with van der Waals surface area (Å²) < 4.78 is 1.41. The van der Waals surface area contributed by atoms with Crippen molar-refractivity contribution in [1.82, 2.24) is 9.55 Å². The highest BCUT2D eigenvalue weighted by molar-refractivity contribution is 6.28. The number of aromatic nitrogens is 2. The summed E-state index contributed by atoms with van der Waals surface area (Å²) in [6, 6.07) is 8.17. The van der Waals surface area contributed by atoms with Crippen LogP contribution in [-0.2, 0) is 13.0 Å². The van der Waals surface area contributed by atoms with Crippen molar-refractivity contribution in [1.29, 1.82) is 0 Å². The maximum Gasteiger partial charge on any atom is 0.383 e. The number of nitrogens with zero attached hydrogens (tertiary/aromatic N) is 4. The van der Waals surface area contributed by atoms with Crippen molar-refractivity contribution in [3.63, 3.8) is 0 Å². The zero-order chi connectivity index (χ0) is 17.3. The first-order chi connectivity index (χ1) is 11.4. The van der Waals surface area contributed by atoms with E-state index in [0.29, 0.717) is 6.54 Å². The van der Waals surface area contributed by atoms with Crippen LogP contribution in [0.4, 0.5) is 11.5 Å². The van der Waals surface area contributed by atoms with Gasteiger partial charge in [-0.15, -0.1) is 0 Å². The molecule has 2 heterocycles. The Bertz CT molecular complexity index is 760. The van der Waals surface area contributed by atoms with Crippen LogP contribution in [0, 0.1) is 10.1 Å². The number of anilines is 1. The normalized spacial score (nSPS) is 16.5. The Labute approximate surface area is 144 Å². The van der Waals surface area contributed by atoms with Crippen LogP contribution in [0.15, 0.2) is 30.5 Å². The van der Waals surface area contributed by atoms with Crippen LogP contribution in [0.5, 0.6) is 0 Å². The van der Waals surface area contributed by atoms with Gasteiger partial charge in [-0.3, -0.25) is 4.57 Å². The SMILES string of the molecule is CC(O)(CN1CCCc2ccccc21)Cn1cc([N+](=O)[O-])nc1Cl. The Morgan fingerprint density at radius 3 is 2.88 bits per heavy atom. The lowest BCUT2D eigenvalue weighted by Crippen LogP contribution is -2.45. The van der Waals surface area contributed by atoms with Crippen LogP contribution in [0.2, 0.25) is 5.28 Å². The Morgan fingerprint density at radius 1 is 1.42 bits per heavy atom. The van der Waals surface area contributed by atoms with E-state index in [9.17, 15) is 15.2 Å². The van der Waals surface area contributed by atoms with Gasteiger partial charge in [0.15, 0.2) is 0 Å².